The van der Waals surface area contributed by atoms with Gasteiger partial charge in [-0.15, -0.1) is 0 Å². The zero-order valence-electron chi connectivity index (χ0n) is 10.6. The van der Waals surface area contributed by atoms with Gasteiger partial charge in [0.05, 0.1) is 0 Å². The molecular weight excluding hydrogens is 172 g/mol. The van der Waals surface area contributed by atoms with Gasteiger partial charge in [-0.05, 0) is 40.8 Å². The molecule has 0 aliphatic heterocycles. The van der Waals surface area contributed by atoms with Crippen LogP contribution in [-0.4, -0.2) is 37.1 Å². The lowest BCUT2D eigenvalue weighted by molar-refractivity contribution is 0.204. The van der Waals surface area contributed by atoms with Gasteiger partial charge in [-0.2, -0.15) is 0 Å². The van der Waals surface area contributed by atoms with Crippen molar-refractivity contribution in [3.05, 3.63) is 0 Å². The Balaban J connectivity index is 3.39. The smallest absolute Gasteiger partial charge is 0.0192 e. The summed E-state index contributed by atoms with van der Waals surface area (Å²) in [5, 5.41) is 3.51. The monoisotopic (exact) mass is 200 g/mol. The van der Waals surface area contributed by atoms with E-state index in [0.29, 0.717) is 12.1 Å². The van der Waals surface area contributed by atoms with E-state index in [-0.39, 0.29) is 0 Å². The van der Waals surface area contributed by atoms with Gasteiger partial charge >= 0.3 is 0 Å². The van der Waals surface area contributed by atoms with Crippen molar-refractivity contribution < 1.29 is 0 Å². The lowest BCUT2D eigenvalue weighted by Crippen LogP contribution is -2.41. The van der Waals surface area contributed by atoms with E-state index < -0.39 is 0 Å². The molecule has 0 amide bonds. The van der Waals surface area contributed by atoms with Crippen molar-refractivity contribution in [2.24, 2.45) is 0 Å². The van der Waals surface area contributed by atoms with Gasteiger partial charge < -0.3 is 10.2 Å². The third kappa shape index (κ3) is 6.39. The van der Waals surface area contributed by atoms with Gasteiger partial charge in [-0.3, -0.25) is 0 Å². The highest BCUT2D eigenvalue weighted by Crippen LogP contribution is 2.00. The first-order valence-electron chi connectivity index (χ1n) is 6.02. The molecule has 1 atom stereocenters. The van der Waals surface area contributed by atoms with Gasteiger partial charge in [0.2, 0.25) is 0 Å². The van der Waals surface area contributed by atoms with Crippen LogP contribution in [0.2, 0.25) is 0 Å². The molecule has 0 heterocycles. The molecule has 0 rings (SSSR count). The topological polar surface area (TPSA) is 15.3 Å². The zero-order chi connectivity index (χ0) is 11.0. The third-order valence-electron chi connectivity index (χ3n) is 2.91. The maximum Gasteiger partial charge on any atom is 0.0192 e. The van der Waals surface area contributed by atoms with E-state index in [2.05, 4.69) is 45.0 Å². The Labute approximate surface area is 90.1 Å². The van der Waals surface area contributed by atoms with E-state index in [1.807, 2.05) is 0 Å². The van der Waals surface area contributed by atoms with Crippen molar-refractivity contribution in [3.63, 3.8) is 0 Å². The first-order chi connectivity index (χ1) is 6.59. The summed E-state index contributed by atoms with van der Waals surface area (Å²) in [5.74, 6) is 0. The lowest BCUT2D eigenvalue weighted by atomic mass is 10.2. The highest BCUT2D eigenvalue weighted by molar-refractivity contribution is 4.68. The summed E-state index contributed by atoms with van der Waals surface area (Å²) in [5.41, 5.74) is 0. The fourth-order valence-electron chi connectivity index (χ4n) is 1.46. The Kier molecular flexibility index (Phi) is 8.20. The van der Waals surface area contributed by atoms with Crippen LogP contribution in [-0.2, 0) is 0 Å². The van der Waals surface area contributed by atoms with Crippen molar-refractivity contribution in [2.45, 2.75) is 59.0 Å². The minimum Gasteiger partial charge on any atom is -0.315 e. The second kappa shape index (κ2) is 8.25. The first kappa shape index (κ1) is 13.9. The highest BCUT2D eigenvalue weighted by atomic mass is 15.2. The molecule has 0 aromatic rings. The van der Waals surface area contributed by atoms with Crippen LogP contribution in [0.4, 0.5) is 0 Å². The van der Waals surface area contributed by atoms with Crippen LogP contribution in [0.1, 0.15) is 47.0 Å². The van der Waals surface area contributed by atoms with Crippen LogP contribution < -0.4 is 5.32 Å². The number of likely N-dealkylation sites (N-methyl/N-ethyl adjacent to an activating group) is 1. The van der Waals surface area contributed by atoms with E-state index in [9.17, 15) is 0 Å². The molecule has 0 fully saturated rings. The minimum atomic E-state index is 0.636. The van der Waals surface area contributed by atoms with Gasteiger partial charge in [-0.25, -0.2) is 0 Å². The molecule has 2 heteroatoms. The van der Waals surface area contributed by atoms with Crippen molar-refractivity contribution >= 4 is 0 Å². The van der Waals surface area contributed by atoms with Crippen LogP contribution >= 0.6 is 0 Å². The average Bonchev–Trinajstić information content (AvgIpc) is 2.16. The van der Waals surface area contributed by atoms with E-state index in [0.717, 1.165) is 6.54 Å². The molecule has 1 unspecified atom stereocenters. The van der Waals surface area contributed by atoms with Crippen LogP contribution in [0.3, 0.4) is 0 Å². The second-order valence-corrected chi connectivity index (χ2v) is 4.52. The van der Waals surface area contributed by atoms with E-state index in [1.165, 1.54) is 25.8 Å². The molecule has 0 aliphatic carbocycles. The summed E-state index contributed by atoms with van der Waals surface area (Å²) >= 11 is 0. The summed E-state index contributed by atoms with van der Waals surface area (Å²) in [6.45, 7) is 11.3. The number of rotatable bonds is 8. The third-order valence-corrected chi connectivity index (χ3v) is 2.91. The molecule has 1 N–H and O–H groups in total. The molecule has 14 heavy (non-hydrogen) atoms. The summed E-state index contributed by atoms with van der Waals surface area (Å²) in [4.78, 5) is 2.41. The molecular formula is C12H28N2. The molecule has 0 saturated carbocycles. The summed E-state index contributed by atoms with van der Waals surface area (Å²) in [6, 6.07) is 1.28. The lowest BCUT2D eigenvalue weighted by Gasteiger charge is -2.28. The molecule has 0 aliphatic rings. The molecule has 0 saturated heterocycles. The molecule has 0 radical (unpaired) electrons. The number of hydrogen-bond acceptors (Lipinski definition) is 2. The predicted octanol–water partition coefficient (Wildman–Crippen LogP) is 2.49. The van der Waals surface area contributed by atoms with E-state index in [1.54, 1.807) is 0 Å². The van der Waals surface area contributed by atoms with Crippen LogP contribution in [0.25, 0.3) is 0 Å². The van der Waals surface area contributed by atoms with Crippen molar-refractivity contribution in [1.82, 2.24) is 10.2 Å². The quantitative estimate of drug-likeness (QED) is 0.606. The molecule has 0 aromatic carbocycles. The molecule has 86 valence electrons. The van der Waals surface area contributed by atoms with Gasteiger partial charge in [0.15, 0.2) is 0 Å². The molecule has 0 bridgehead atoms. The minimum absolute atomic E-state index is 0.636. The Morgan fingerprint density at radius 3 is 2.29 bits per heavy atom. The van der Waals surface area contributed by atoms with Gasteiger partial charge in [0.1, 0.15) is 0 Å². The SMILES string of the molecule is CCCCCNCC(C)N(C)C(C)C. The second-order valence-electron chi connectivity index (χ2n) is 4.52. The van der Waals surface area contributed by atoms with Crippen LogP contribution in [0, 0.1) is 0 Å². The van der Waals surface area contributed by atoms with Crippen molar-refractivity contribution in [1.29, 1.82) is 0 Å². The molecule has 2 nitrogen and oxygen atoms in total. The number of unbranched alkanes of at least 4 members (excludes halogenated alkanes) is 2. The predicted molar refractivity (Wildman–Crippen MR) is 64.8 cm³/mol. The number of nitrogens with one attached hydrogen (secondary N) is 1. The largest absolute Gasteiger partial charge is 0.315 e. The highest BCUT2D eigenvalue weighted by Gasteiger charge is 2.10. The van der Waals surface area contributed by atoms with Crippen molar-refractivity contribution in [2.75, 3.05) is 20.1 Å². The Morgan fingerprint density at radius 2 is 1.79 bits per heavy atom. The van der Waals surface area contributed by atoms with Gasteiger partial charge in [0, 0.05) is 18.6 Å². The Morgan fingerprint density at radius 1 is 1.14 bits per heavy atom. The summed E-state index contributed by atoms with van der Waals surface area (Å²) < 4.78 is 0. The average molecular weight is 200 g/mol. The Bertz CT molecular complexity index is 123. The summed E-state index contributed by atoms with van der Waals surface area (Å²) in [6.07, 6.45) is 3.97. The van der Waals surface area contributed by atoms with Crippen molar-refractivity contribution in [3.8, 4) is 0 Å². The van der Waals surface area contributed by atoms with E-state index >= 15 is 0 Å². The standard InChI is InChI=1S/C12H28N2/c1-6-7-8-9-13-10-12(4)14(5)11(2)3/h11-13H,6-10H2,1-5H3. The number of nitrogens with zero attached hydrogens (tertiary/aromatic N) is 1. The fraction of sp³-hybridized carbons (Fsp3) is 1.00. The normalized spacial score (nSPS) is 13.9. The maximum absolute atomic E-state index is 3.51. The molecule has 0 spiro atoms. The van der Waals surface area contributed by atoms with E-state index in [4.69, 9.17) is 0 Å². The Hall–Kier alpha value is -0.0800. The summed E-state index contributed by atoms with van der Waals surface area (Å²) in [7, 11) is 2.20. The zero-order valence-corrected chi connectivity index (χ0v) is 10.6. The first-order valence-corrected chi connectivity index (χ1v) is 6.02. The fourth-order valence-corrected chi connectivity index (χ4v) is 1.46. The van der Waals surface area contributed by atoms with Gasteiger partial charge in [-0.1, -0.05) is 19.8 Å². The molecule has 0 aromatic heterocycles. The van der Waals surface area contributed by atoms with Crippen LogP contribution in [0.15, 0.2) is 0 Å². The maximum atomic E-state index is 3.51. The van der Waals surface area contributed by atoms with Crippen LogP contribution in [0.5, 0.6) is 0 Å². The number of hydrogen-bond donors (Lipinski definition) is 1. The van der Waals surface area contributed by atoms with Gasteiger partial charge in [0.25, 0.3) is 0 Å².